The van der Waals surface area contributed by atoms with E-state index in [-0.39, 0.29) is 18.6 Å². The summed E-state index contributed by atoms with van der Waals surface area (Å²) >= 11 is 0. The average Bonchev–Trinajstić information content (AvgIpc) is 2.34. The predicted octanol–water partition coefficient (Wildman–Crippen LogP) is 0.554. The second kappa shape index (κ2) is 7.20. The lowest BCUT2D eigenvalue weighted by molar-refractivity contribution is -0.139. The van der Waals surface area contributed by atoms with Crippen molar-refractivity contribution in [1.82, 2.24) is 4.90 Å². The molecule has 0 N–H and O–H groups in total. The number of carbonyl (C=O) groups is 1. The molecule has 1 fully saturated rings. The van der Waals surface area contributed by atoms with Crippen LogP contribution in [-0.4, -0.2) is 50.3 Å². The molecule has 1 aliphatic rings. The molecule has 0 spiro atoms. The van der Waals surface area contributed by atoms with Crippen molar-refractivity contribution in [2.75, 3.05) is 33.5 Å². The van der Waals surface area contributed by atoms with Crippen molar-refractivity contribution in [1.29, 1.82) is 5.26 Å². The van der Waals surface area contributed by atoms with E-state index < -0.39 is 0 Å². The third-order valence-corrected chi connectivity index (χ3v) is 2.63. The van der Waals surface area contributed by atoms with E-state index in [0.29, 0.717) is 19.8 Å². The second-order valence-corrected chi connectivity index (χ2v) is 3.77. The van der Waals surface area contributed by atoms with Crippen molar-refractivity contribution in [2.45, 2.75) is 25.3 Å². The molecule has 1 saturated heterocycles. The predicted molar refractivity (Wildman–Crippen MR) is 57.7 cm³/mol. The first kappa shape index (κ1) is 12.9. The molecule has 1 heterocycles. The molecule has 1 unspecified atom stereocenters. The van der Waals surface area contributed by atoms with E-state index in [9.17, 15) is 4.79 Å². The highest BCUT2D eigenvalue weighted by molar-refractivity contribution is 5.78. The van der Waals surface area contributed by atoms with Gasteiger partial charge in [0, 0.05) is 13.7 Å². The number of nitrogens with zero attached hydrogens (tertiary/aromatic N) is 2. The number of methoxy groups -OCH3 is 1. The fourth-order valence-corrected chi connectivity index (χ4v) is 1.75. The zero-order valence-corrected chi connectivity index (χ0v) is 9.65. The first-order chi connectivity index (χ1) is 7.79. The normalized spacial score (nSPS) is 20.5. The molecule has 1 atom stereocenters. The monoisotopic (exact) mass is 226 g/mol. The van der Waals surface area contributed by atoms with Crippen LogP contribution in [0.2, 0.25) is 0 Å². The third-order valence-electron chi connectivity index (χ3n) is 2.63. The molecule has 90 valence electrons. The van der Waals surface area contributed by atoms with Crippen molar-refractivity contribution < 1.29 is 14.3 Å². The van der Waals surface area contributed by atoms with Gasteiger partial charge < -0.3 is 14.4 Å². The quantitative estimate of drug-likeness (QED) is 0.642. The van der Waals surface area contributed by atoms with Crippen molar-refractivity contribution in [3.63, 3.8) is 0 Å². The summed E-state index contributed by atoms with van der Waals surface area (Å²) in [5.41, 5.74) is 0. The van der Waals surface area contributed by atoms with E-state index in [4.69, 9.17) is 14.7 Å². The number of likely N-dealkylation sites (tertiary alicyclic amines) is 1. The highest BCUT2D eigenvalue weighted by Gasteiger charge is 2.26. The van der Waals surface area contributed by atoms with E-state index in [1.807, 2.05) is 0 Å². The van der Waals surface area contributed by atoms with Gasteiger partial charge in [-0.2, -0.15) is 5.26 Å². The number of amides is 1. The van der Waals surface area contributed by atoms with Crippen molar-refractivity contribution >= 4 is 5.91 Å². The highest BCUT2D eigenvalue weighted by atomic mass is 16.5. The van der Waals surface area contributed by atoms with Gasteiger partial charge in [-0.05, 0) is 19.3 Å². The fraction of sp³-hybridized carbons (Fsp3) is 0.818. The molecule has 0 radical (unpaired) electrons. The number of hydrogen-bond donors (Lipinski definition) is 0. The molecule has 1 aliphatic heterocycles. The van der Waals surface area contributed by atoms with Gasteiger partial charge in [-0.1, -0.05) is 0 Å². The van der Waals surface area contributed by atoms with Crippen LogP contribution in [0.3, 0.4) is 0 Å². The van der Waals surface area contributed by atoms with E-state index >= 15 is 0 Å². The number of nitriles is 1. The Morgan fingerprint density at radius 1 is 1.50 bits per heavy atom. The van der Waals surface area contributed by atoms with Crippen LogP contribution in [0.5, 0.6) is 0 Å². The summed E-state index contributed by atoms with van der Waals surface area (Å²) in [7, 11) is 1.58. The molecule has 1 amide bonds. The van der Waals surface area contributed by atoms with Gasteiger partial charge in [0.2, 0.25) is 5.91 Å². The van der Waals surface area contributed by atoms with E-state index in [1.165, 1.54) is 0 Å². The molecule has 5 nitrogen and oxygen atoms in total. The lowest BCUT2D eigenvalue weighted by atomic mass is 10.0. The van der Waals surface area contributed by atoms with Crippen LogP contribution < -0.4 is 0 Å². The number of carbonyl (C=O) groups excluding carboxylic acids is 1. The van der Waals surface area contributed by atoms with Gasteiger partial charge in [-0.3, -0.25) is 4.79 Å². The Morgan fingerprint density at radius 2 is 2.31 bits per heavy atom. The Bertz CT molecular complexity index is 262. The Hall–Kier alpha value is -1.12. The summed E-state index contributed by atoms with van der Waals surface area (Å²) in [6, 6.07) is 1.89. The van der Waals surface area contributed by atoms with Crippen LogP contribution in [0, 0.1) is 11.3 Å². The molecule has 0 aliphatic carbocycles. The van der Waals surface area contributed by atoms with E-state index in [2.05, 4.69) is 6.07 Å². The third kappa shape index (κ3) is 3.80. The topological polar surface area (TPSA) is 62.6 Å². The van der Waals surface area contributed by atoms with Gasteiger partial charge in [0.1, 0.15) is 12.6 Å². The van der Waals surface area contributed by atoms with Crippen LogP contribution in [0.1, 0.15) is 19.3 Å². The maximum absolute atomic E-state index is 11.7. The first-order valence-electron chi connectivity index (χ1n) is 5.55. The molecule has 0 aromatic carbocycles. The van der Waals surface area contributed by atoms with E-state index in [0.717, 1.165) is 19.3 Å². The van der Waals surface area contributed by atoms with Crippen LogP contribution in [0.4, 0.5) is 0 Å². The molecular weight excluding hydrogens is 208 g/mol. The van der Waals surface area contributed by atoms with Gasteiger partial charge in [0.25, 0.3) is 0 Å². The lowest BCUT2D eigenvalue weighted by Crippen LogP contribution is -2.44. The maximum Gasteiger partial charge on any atom is 0.249 e. The molecule has 0 bridgehead atoms. The Balaban J connectivity index is 2.31. The zero-order valence-electron chi connectivity index (χ0n) is 9.65. The number of rotatable bonds is 5. The standard InChI is InChI=1S/C11H18N2O3/c1-15-6-7-16-9-11(14)13-5-3-2-4-10(13)8-12/h10H,2-7,9H2,1H3. The van der Waals surface area contributed by atoms with Crippen molar-refractivity contribution in [3.8, 4) is 6.07 Å². The highest BCUT2D eigenvalue weighted by Crippen LogP contribution is 2.16. The molecule has 0 aromatic heterocycles. The zero-order chi connectivity index (χ0) is 11.8. The first-order valence-corrected chi connectivity index (χ1v) is 5.55. The molecule has 1 rings (SSSR count). The summed E-state index contributed by atoms with van der Waals surface area (Å²) in [6.07, 6.45) is 2.77. The van der Waals surface area contributed by atoms with Gasteiger partial charge in [-0.25, -0.2) is 0 Å². The van der Waals surface area contributed by atoms with Gasteiger partial charge >= 0.3 is 0 Å². The SMILES string of the molecule is COCCOCC(=O)N1CCCCC1C#N. The lowest BCUT2D eigenvalue weighted by Gasteiger charge is -2.31. The summed E-state index contributed by atoms with van der Waals surface area (Å²) in [4.78, 5) is 13.4. The molecule has 16 heavy (non-hydrogen) atoms. The minimum Gasteiger partial charge on any atom is -0.382 e. The number of piperidine rings is 1. The molecule has 0 aromatic rings. The number of hydrogen-bond acceptors (Lipinski definition) is 4. The Kier molecular flexibility index (Phi) is 5.83. The summed E-state index contributed by atoms with van der Waals surface area (Å²) < 4.78 is 9.97. The Morgan fingerprint density at radius 3 is 3.00 bits per heavy atom. The van der Waals surface area contributed by atoms with E-state index in [1.54, 1.807) is 12.0 Å². The van der Waals surface area contributed by atoms with Crippen LogP contribution >= 0.6 is 0 Å². The van der Waals surface area contributed by atoms with Crippen LogP contribution in [0.25, 0.3) is 0 Å². The van der Waals surface area contributed by atoms with Crippen molar-refractivity contribution in [3.05, 3.63) is 0 Å². The van der Waals surface area contributed by atoms with Gasteiger partial charge in [-0.15, -0.1) is 0 Å². The fourth-order valence-electron chi connectivity index (χ4n) is 1.75. The maximum atomic E-state index is 11.7. The van der Waals surface area contributed by atoms with Crippen LogP contribution in [0.15, 0.2) is 0 Å². The molecule has 0 saturated carbocycles. The molecular formula is C11H18N2O3. The average molecular weight is 226 g/mol. The number of ether oxygens (including phenoxy) is 2. The minimum atomic E-state index is -0.271. The summed E-state index contributed by atoms with van der Waals surface area (Å²) in [6.45, 7) is 1.61. The molecule has 5 heteroatoms. The van der Waals surface area contributed by atoms with Crippen molar-refractivity contribution in [2.24, 2.45) is 0 Å². The smallest absolute Gasteiger partial charge is 0.249 e. The van der Waals surface area contributed by atoms with Crippen LogP contribution in [-0.2, 0) is 14.3 Å². The summed E-state index contributed by atoms with van der Waals surface area (Å²) in [5.74, 6) is -0.0950. The van der Waals surface area contributed by atoms with Gasteiger partial charge in [0.15, 0.2) is 0 Å². The second-order valence-electron chi connectivity index (χ2n) is 3.77. The van der Waals surface area contributed by atoms with Gasteiger partial charge in [0.05, 0.1) is 19.3 Å². The summed E-state index contributed by atoms with van der Waals surface area (Å²) in [5, 5.41) is 8.92. The largest absolute Gasteiger partial charge is 0.382 e. The minimum absolute atomic E-state index is 0.0432. The Labute approximate surface area is 95.9 Å².